The minimum absolute atomic E-state index is 0. The summed E-state index contributed by atoms with van der Waals surface area (Å²) in [5, 5.41) is 0. The maximum Gasteiger partial charge on any atom is 2.00 e. The molecule has 0 spiro atoms. The van der Waals surface area contributed by atoms with Crippen LogP contribution < -0.4 is 0 Å². The first-order valence-electron chi connectivity index (χ1n) is 4.30. The topological polar surface area (TPSA) is 97.7 Å². The molecule has 0 heterocycles. The summed E-state index contributed by atoms with van der Waals surface area (Å²) in [6.07, 6.45) is 0. The molecule has 0 saturated heterocycles. The van der Waals surface area contributed by atoms with E-state index in [1.54, 1.807) is 0 Å². The van der Waals surface area contributed by atoms with E-state index < -0.39 is 25.1 Å². The number of rotatable bonds is 4. The van der Waals surface area contributed by atoms with Crippen molar-refractivity contribution in [3.05, 3.63) is 36.6 Å². The smallest absolute Gasteiger partial charge is 1.00 e. The molecule has 18 heavy (non-hydrogen) atoms. The Hall–Kier alpha value is -0.120. The molecule has 0 bridgehead atoms. The third kappa shape index (κ3) is 4.87. The number of allylic oxidation sites excluding steroid dienone is 1. The fourth-order valence-corrected chi connectivity index (χ4v) is 2.43. The van der Waals surface area contributed by atoms with Gasteiger partial charge in [0.15, 0.2) is 0 Å². The van der Waals surface area contributed by atoms with Crippen LogP contribution in [0.25, 0.3) is 0 Å². The van der Waals surface area contributed by atoms with Gasteiger partial charge < -0.3 is 7.04 Å². The van der Waals surface area contributed by atoms with Gasteiger partial charge in [-0.3, -0.25) is 4.55 Å². The predicted octanol–water partition coefficient (Wildman–Crippen LogP) is 1.02. The van der Waals surface area contributed by atoms with Gasteiger partial charge in [-0.05, 0) is 31.2 Å². The molecular formula is C9H12CaO6S2. The third-order valence-electron chi connectivity index (χ3n) is 1.66. The van der Waals surface area contributed by atoms with Crippen LogP contribution in [0, 0.1) is 0 Å². The van der Waals surface area contributed by atoms with Crippen molar-refractivity contribution in [1.29, 1.82) is 0 Å². The van der Waals surface area contributed by atoms with Crippen molar-refractivity contribution in [2.45, 2.75) is 16.7 Å². The quantitative estimate of drug-likeness (QED) is 0.385. The molecule has 0 aliphatic rings. The van der Waals surface area contributed by atoms with Crippen LogP contribution in [0.4, 0.5) is 0 Å². The van der Waals surface area contributed by atoms with Crippen molar-refractivity contribution >= 4 is 58.0 Å². The SMILES string of the molecule is C=C(C)OS(=O)(=O)c1ccc(S(=O)(=O)O)cc1.[Ca+2].[H-].[H-]. The molecule has 0 radical (unpaired) electrons. The van der Waals surface area contributed by atoms with Crippen molar-refractivity contribution in [3.63, 3.8) is 0 Å². The molecule has 0 amide bonds. The Kier molecular flexibility index (Phi) is 6.31. The van der Waals surface area contributed by atoms with Crippen molar-refractivity contribution in [2.75, 3.05) is 0 Å². The molecule has 98 valence electrons. The van der Waals surface area contributed by atoms with E-state index in [0.717, 1.165) is 24.3 Å². The Morgan fingerprint density at radius 2 is 1.56 bits per heavy atom. The van der Waals surface area contributed by atoms with E-state index in [4.69, 9.17) is 4.55 Å². The molecule has 0 aliphatic heterocycles. The molecule has 0 aliphatic carbocycles. The first-order valence-corrected chi connectivity index (χ1v) is 7.15. The van der Waals surface area contributed by atoms with Crippen molar-refractivity contribution in [2.24, 2.45) is 0 Å². The molecule has 1 rings (SSSR count). The van der Waals surface area contributed by atoms with Crippen LogP contribution in [-0.4, -0.2) is 59.1 Å². The fourth-order valence-electron chi connectivity index (χ4n) is 1.01. The van der Waals surface area contributed by atoms with Crippen molar-refractivity contribution in [3.8, 4) is 0 Å². The van der Waals surface area contributed by atoms with E-state index in [-0.39, 0.29) is 51.2 Å². The second-order valence-electron chi connectivity index (χ2n) is 3.19. The molecule has 0 aromatic heterocycles. The molecule has 0 unspecified atom stereocenters. The third-order valence-corrected chi connectivity index (χ3v) is 3.88. The average molecular weight is 320 g/mol. The van der Waals surface area contributed by atoms with E-state index >= 15 is 0 Å². The number of hydrogen-bond donors (Lipinski definition) is 1. The molecular weight excluding hydrogens is 308 g/mol. The normalized spacial score (nSPS) is 11.4. The number of hydrogen-bond acceptors (Lipinski definition) is 5. The summed E-state index contributed by atoms with van der Waals surface area (Å²) in [7, 11) is -8.34. The summed E-state index contributed by atoms with van der Waals surface area (Å²) in [4.78, 5) is -0.625. The van der Waals surface area contributed by atoms with Crippen LogP contribution in [0.15, 0.2) is 46.4 Å². The molecule has 0 saturated carbocycles. The van der Waals surface area contributed by atoms with Gasteiger partial charge in [0, 0.05) is 0 Å². The van der Waals surface area contributed by atoms with Crippen LogP contribution >= 0.6 is 0 Å². The summed E-state index contributed by atoms with van der Waals surface area (Å²) < 4.78 is 57.7. The minimum atomic E-state index is -4.34. The second-order valence-corrected chi connectivity index (χ2v) is 6.15. The monoisotopic (exact) mass is 320 g/mol. The Labute approximate surface area is 138 Å². The van der Waals surface area contributed by atoms with Gasteiger partial charge in [-0.1, -0.05) is 6.58 Å². The summed E-state index contributed by atoms with van der Waals surface area (Å²) in [6, 6.07) is 3.96. The summed E-state index contributed by atoms with van der Waals surface area (Å²) in [6.45, 7) is 4.65. The Morgan fingerprint density at radius 3 is 1.89 bits per heavy atom. The Bertz CT molecular complexity index is 640. The largest absolute Gasteiger partial charge is 2.00 e. The standard InChI is InChI=1S/C9H10O6S2.Ca.2H/c1-7(2)15-17(13,14)9-5-3-8(4-6-9)16(10,11)12;;;/h3-6H,1H2,2H3,(H,10,11,12);;;/q;+2;2*-1. The molecule has 0 fully saturated rings. The van der Waals surface area contributed by atoms with E-state index in [0.29, 0.717) is 0 Å². The van der Waals surface area contributed by atoms with Crippen LogP contribution in [0.1, 0.15) is 9.78 Å². The molecule has 1 aromatic rings. The summed E-state index contributed by atoms with van der Waals surface area (Å²) in [5.41, 5.74) is 0. The van der Waals surface area contributed by atoms with E-state index in [2.05, 4.69) is 10.8 Å². The van der Waals surface area contributed by atoms with Crippen molar-refractivity contribution < 1.29 is 28.4 Å². The molecule has 6 nitrogen and oxygen atoms in total. The Morgan fingerprint density at radius 1 is 1.17 bits per heavy atom. The van der Waals surface area contributed by atoms with Crippen LogP contribution in [-0.2, 0) is 24.4 Å². The maximum absolute atomic E-state index is 11.5. The van der Waals surface area contributed by atoms with E-state index in [1.807, 2.05) is 0 Å². The fraction of sp³-hybridized carbons (Fsp3) is 0.111. The zero-order chi connectivity index (χ0) is 13.3. The predicted molar refractivity (Wildman–Crippen MR) is 67.3 cm³/mol. The van der Waals surface area contributed by atoms with Gasteiger partial charge in [0.05, 0.1) is 4.90 Å². The van der Waals surface area contributed by atoms with E-state index in [9.17, 15) is 16.8 Å². The number of benzene rings is 1. The Balaban J connectivity index is -0.000000963. The maximum atomic E-state index is 11.5. The van der Waals surface area contributed by atoms with Gasteiger partial charge in [-0.2, -0.15) is 16.8 Å². The van der Waals surface area contributed by atoms with E-state index in [1.165, 1.54) is 6.92 Å². The first-order chi connectivity index (χ1) is 7.63. The molecule has 1 aromatic carbocycles. The molecule has 9 heteroatoms. The summed E-state index contributed by atoms with van der Waals surface area (Å²) >= 11 is 0. The van der Waals surface area contributed by atoms with Crippen LogP contribution in [0.5, 0.6) is 0 Å². The van der Waals surface area contributed by atoms with Gasteiger partial charge in [-0.25, -0.2) is 0 Å². The van der Waals surface area contributed by atoms with Gasteiger partial charge >= 0.3 is 47.9 Å². The van der Waals surface area contributed by atoms with Gasteiger partial charge in [0.25, 0.3) is 10.1 Å². The van der Waals surface area contributed by atoms with Gasteiger partial charge in [-0.15, -0.1) is 0 Å². The second kappa shape index (κ2) is 6.36. The molecule has 0 atom stereocenters. The zero-order valence-electron chi connectivity index (χ0n) is 11.5. The average Bonchev–Trinajstić information content (AvgIpc) is 2.14. The first kappa shape index (κ1) is 17.9. The van der Waals surface area contributed by atoms with Crippen LogP contribution in [0.3, 0.4) is 0 Å². The van der Waals surface area contributed by atoms with Crippen LogP contribution in [0.2, 0.25) is 0 Å². The molecule has 1 N–H and O–H groups in total. The van der Waals surface area contributed by atoms with Crippen molar-refractivity contribution in [1.82, 2.24) is 0 Å². The zero-order valence-corrected chi connectivity index (χ0v) is 13.4. The van der Waals surface area contributed by atoms with Gasteiger partial charge in [0.2, 0.25) is 0 Å². The minimum Gasteiger partial charge on any atom is -1.00 e. The summed E-state index contributed by atoms with van der Waals surface area (Å²) in [5.74, 6) is -0.0103. The van der Waals surface area contributed by atoms with Gasteiger partial charge in [0.1, 0.15) is 10.7 Å².